The van der Waals surface area contributed by atoms with Crippen molar-refractivity contribution in [3.05, 3.63) is 33.8 Å². The molecule has 0 radical (unpaired) electrons. The third-order valence-corrected chi connectivity index (χ3v) is 4.05. The van der Waals surface area contributed by atoms with Crippen molar-refractivity contribution in [2.24, 2.45) is 0 Å². The molecule has 1 rings (SSSR count). The van der Waals surface area contributed by atoms with E-state index in [0.717, 1.165) is 50.4 Å². The fourth-order valence-electron chi connectivity index (χ4n) is 2.05. The van der Waals surface area contributed by atoms with Crippen molar-refractivity contribution in [2.75, 3.05) is 47.1 Å². The van der Waals surface area contributed by atoms with Gasteiger partial charge >= 0.3 is 0 Å². The summed E-state index contributed by atoms with van der Waals surface area (Å²) in [6, 6.07) is 6.58. The second kappa shape index (κ2) is 11.2. The molecule has 0 saturated carbocycles. The molecular weight excluding hydrogens is 332 g/mol. The molecule has 0 spiro atoms. The van der Waals surface area contributed by atoms with Gasteiger partial charge in [0, 0.05) is 44.9 Å². The van der Waals surface area contributed by atoms with Crippen molar-refractivity contribution in [1.82, 2.24) is 10.2 Å². The number of nitrogens with one attached hydrogen (secondary N) is 1. The van der Waals surface area contributed by atoms with E-state index in [4.69, 9.17) is 9.47 Å². The van der Waals surface area contributed by atoms with E-state index in [0.29, 0.717) is 0 Å². The average Bonchev–Trinajstić information content (AvgIpc) is 2.49. The van der Waals surface area contributed by atoms with Crippen LogP contribution in [-0.2, 0) is 22.6 Å². The van der Waals surface area contributed by atoms with Gasteiger partial charge in [-0.2, -0.15) is 0 Å². The van der Waals surface area contributed by atoms with Crippen molar-refractivity contribution in [3.63, 3.8) is 0 Å². The van der Waals surface area contributed by atoms with Gasteiger partial charge in [-0.15, -0.1) is 0 Å². The maximum Gasteiger partial charge on any atom is 0.0589 e. The molecule has 5 heteroatoms. The summed E-state index contributed by atoms with van der Waals surface area (Å²) in [7, 11) is 3.47. The van der Waals surface area contributed by atoms with E-state index in [1.54, 1.807) is 14.2 Å². The lowest BCUT2D eigenvalue weighted by molar-refractivity contribution is 0.110. The predicted molar refractivity (Wildman–Crippen MR) is 90.6 cm³/mol. The van der Waals surface area contributed by atoms with Gasteiger partial charge in [-0.3, -0.25) is 4.90 Å². The number of benzene rings is 1. The Bertz CT molecular complexity index is 394. The first kappa shape index (κ1) is 18.6. The summed E-state index contributed by atoms with van der Waals surface area (Å²) in [5.41, 5.74) is 2.59. The van der Waals surface area contributed by atoms with Crippen molar-refractivity contribution >= 4 is 15.9 Å². The number of hydrogen-bond acceptors (Lipinski definition) is 4. The van der Waals surface area contributed by atoms with E-state index in [9.17, 15) is 0 Å². The molecule has 0 unspecified atom stereocenters. The SMILES string of the molecule is CCNCc1ccc(CN(CCOC)CCOC)c(Br)c1. The van der Waals surface area contributed by atoms with Crippen LogP contribution in [0.3, 0.4) is 0 Å². The standard InChI is InChI=1S/C16H27BrN2O2/c1-4-18-12-14-5-6-15(16(17)11-14)13-19(7-9-20-2)8-10-21-3/h5-6,11,18H,4,7-10,12-13H2,1-3H3. The van der Waals surface area contributed by atoms with Crippen molar-refractivity contribution in [2.45, 2.75) is 20.0 Å². The smallest absolute Gasteiger partial charge is 0.0589 e. The number of ether oxygens (including phenoxy) is 2. The molecular formula is C16H27BrN2O2. The highest BCUT2D eigenvalue weighted by Crippen LogP contribution is 2.20. The van der Waals surface area contributed by atoms with Crippen LogP contribution in [0.1, 0.15) is 18.1 Å². The Morgan fingerprint density at radius 1 is 1.14 bits per heavy atom. The maximum atomic E-state index is 5.18. The molecule has 0 aliphatic rings. The molecule has 1 N–H and O–H groups in total. The van der Waals surface area contributed by atoms with Gasteiger partial charge in [0.2, 0.25) is 0 Å². The number of halogens is 1. The molecule has 21 heavy (non-hydrogen) atoms. The van der Waals surface area contributed by atoms with Crippen LogP contribution in [0.15, 0.2) is 22.7 Å². The molecule has 0 aliphatic carbocycles. The minimum atomic E-state index is 0.736. The third kappa shape index (κ3) is 7.38. The minimum absolute atomic E-state index is 0.736. The summed E-state index contributed by atoms with van der Waals surface area (Å²) in [6.45, 7) is 8.20. The molecule has 0 fully saturated rings. The molecule has 1 aromatic carbocycles. The molecule has 4 nitrogen and oxygen atoms in total. The molecule has 1 aromatic rings. The van der Waals surface area contributed by atoms with Gasteiger partial charge in [-0.1, -0.05) is 35.0 Å². The summed E-state index contributed by atoms with van der Waals surface area (Å²) in [4.78, 5) is 2.34. The van der Waals surface area contributed by atoms with Crippen LogP contribution in [-0.4, -0.2) is 52.0 Å². The normalized spacial score (nSPS) is 11.3. The zero-order valence-corrected chi connectivity index (χ0v) is 14.9. The Balaban J connectivity index is 2.64. The number of rotatable bonds is 11. The van der Waals surface area contributed by atoms with Gasteiger partial charge in [-0.25, -0.2) is 0 Å². The Morgan fingerprint density at radius 2 is 1.81 bits per heavy atom. The van der Waals surface area contributed by atoms with Crippen LogP contribution >= 0.6 is 15.9 Å². The van der Waals surface area contributed by atoms with Crippen molar-refractivity contribution in [1.29, 1.82) is 0 Å². The first-order chi connectivity index (χ1) is 10.2. The van der Waals surface area contributed by atoms with Gasteiger partial charge < -0.3 is 14.8 Å². The van der Waals surface area contributed by atoms with Crippen LogP contribution in [0.5, 0.6) is 0 Å². The second-order valence-electron chi connectivity index (χ2n) is 4.97. The monoisotopic (exact) mass is 358 g/mol. The summed E-state index contributed by atoms with van der Waals surface area (Å²) < 4.78 is 11.5. The Hall–Kier alpha value is -0.460. The zero-order chi connectivity index (χ0) is 15.5. The largest absolute Gasteiger partial charge is 0.383 e. The number of hydrogen-bond donors (Lipinski definition) is 1. The lowest BCUT2D eigenvalue weighted by Crippen LogP contribution is -2.30. The lowest BCUT2D eigenvalue weighted by Gasteiger charge is -2.22. The molecule has 0 atom stereocenters. The van der Waals surface area contributed by atoms with Crippen LogP contribution in [0, 0.1) is 0 Å². The van der Waals surface area contributed by atoms with Gasteiger partial charge in [0.25, 0.3) is 0 Å². The second-order valence-corrected chi connectivity index (χ2v) is 5.82. The molecule has 0 saturated heterocycles. The number of methoxy groups -OCH3 is 2. The minimum Gasteiger partial charge on any atom is -0.383 e. The first-order valence-corrected chi connectivity index (χ1v) is 8.18. The Morgan fingerprint density at radius 3 is 2.33 bits per heavy atom. The van der Waals surface area contributed by atoms with Crippen LogP contribution in [0.2, 0.25) is 0 Å². The van der Waals surface area contributed by atoms with Crippen molar-refractivity contribution in [3.8, 4) is 0 Å². The molecule has 0 aliphatic heterocycles. The molecule has 0 bridgehead atoms. The summed E-state index contributed by atoms with van der Waals surface area (Å²) in [6.07, 6.45) is 0. The van der Waals surface area contributed by atoms with Crippen LogP contribution < -0.4 is 5.32 Å². The quantitative estimate of drug-likeness (QED) is 0.659. The molecule has 0 amide bonds. The van der Waals surface area contributed by atoms with Gasteiger partial charge in [0.15, 0.2) is 0 Å². The molecule has 0 aromatic heterocycles. The summed E-state index contributed by atoms with van der Waals surface area (Å²) >= 11 is 3.69. The van der Waals surface area contributed by atoms with E-state index >= 15 is 0 Å². The number of nitrogens with zero attached hydrogens (tertiary/aromatic N) is 1. The predicted octanol–water partition coefficient (Wildman–Crippen LogP) is 2.65. The fraction of sp³-hybridized carbons (Fsp3) is 0.625. The zero-order valence-electron chi connectivity index (χ0n) is 13.3. The Kier molecular flexibility index (Phi) is 9.87. The molecule has 0 heterocycles. The highest BCUT2D eigenvalue weighted by Gasteiger charge is 2.09. The van der Waals surface area contributed by atoms with E-state index in [2.05, 4.69) is 51.3 Å². The van der Waals surface area contributed by atoms with E-state index in [1.807, 2.05) is 0 Å². The average molecular weight is 359 g/mol. The van der Waals surface area contributed by atoms with Gasteiger partial charge in [0.05, 0.1) is 13.2 Å². The molecule has 120 valence electrons. The van der Waals surface area contributed by atoms with Crippen LogP contribution in [0.25, 0.3) is 0 Å². The van der Waals surface area contributed by atoms with Crippen molar-refractivity contribution < 1.29 is 9.47 Å². The van der Waals surface area contributed by atoms with E-state index in [-0.39, 0.29) is 0 Å². The third-order valence-electron chi connectivity index (χ3n) is 3.31. The van der Waals surface area contributed by atoms with E-state index in [1.165, 1.54) is 11.1 Å². The first-order valence-electron chi connectivity index (χ1n) is 7.39. The van der Waals surface area contributed by atoms with E-state index < -0.39 is 0 Å². The Labute approximate surface area is 136 Å². The highest BCUT2D eigenvalue weighted by atomic mass is 79.9. The summed E-state index contributed by atoms with van der Waals surface area (Å²) in [5.74, 6) is 0. The van der Waals surface area contributed by atoms with Gasteiger partial charge in [0.1, 0.15) is 0 Å². The maximum absolute atomic E-state index is 5.18. The fourth-order valence-corrected chi connectivity index (χ4v) is 2.60. The van der Waals surface area contributed by atoms with Gasteiger partial charge in [-0.05, 0) is 23.7 Å². The topological polar surface area (TPSA) is 33.7 Å². The summed E-state index contributed by atoms with van der Waals surface area (Å²) in [5, 5.41) is 3.34. The highest BCUT2D eigenvalue weighted by molar-refractivity contribution is 9.10. The lowest BCUT2D eigenvalue weighted by atomic mass is 10.1. The van der Waals surface area contributed by atoms with Crippen LogP contribution in [0.4, 0.5) is 0 Å².